The number of ether oxygens (including phenoxy) is 3. The van der Waals surface area contributed by atoms with E-state index in [-0.39, 0.29) is 6.61 Å². The molecule has 0 amide bonds. The largest absolute Gasteiger partial charge is 0.498 e. The number of allylic oxidation sites excluding steroid dienone is 1. The highest BCUT2D eigenvalue weighted by Gasteiger charge is 1.97. The number of aliphatic hydroxyl groups is 1. The Kier molecular flexibility index (Phi) is 6.91. The van der Waals surface area contributed by atoms with E-state index in [2.05, 4.69) is 0 Å². The summed E-state index contributed by atoms with van der Waals surface area (Å²) in [6, 6.07) is 7.79. The molecule has 1 aromatic rings. The Morgan fingerprint density at radius 1 is 1.17 bits per heavy atom. The van der Waals surface area contributed by atoms with E-state index in [0.29, 0.717) is 19.8 Å². The number of aliphatic hydroxyl groups excluding tert-OH is 1. The van der Waals surface area contributed by atoms with Crippen molar-refractivity contribution in [1.29, 1.82) is 0 Å². The monoisotopic (exact) mass is 252 g/mol. The van der Waals surface area contributed by atoms with Crippen LogP contribution in [-0.2, 0) is 9.47 Å². The Balaban J connectivity index is 2.35. The van der Waals surface area contributed by atoms with Crippen molar-refractivity contribution in [2.45, 2.75) is 6.92 Å². The molecule has 0 aliphatic rings. The second-order valence-corrected chi connectivity index (χ2v) is 3.74. The summed E-state index contributed by atoms with van der Waals surface area (Å²) in [5, 5.41) is 8.51. The number of hydrogen-bond donors (Lipinski definition) is 1. The Morgan fingerprint density at radius 3 is 2.50 bits per heavy atom. The zero-order valence-electron chi connectivity index (χ0n) is 10.9. The lowest BCUT2D eigenvalue weighted by Gasteiger charge is -2.06. The standard InChI is InChI=1S/C14H20O4/c1-12(11-18-10-9-17-8-7-15)13-3-5-14(16-2)6-4-13/h3-6,11,15H,7-10H2,1-2H3. The molecular formula is C14H20O4. The fourth-order valence-corrected chi connectivity index (χ4v) is 1.38. The maximum atomic E-state index is 8.51. The van der Waals surface area contributed by atoms with Crippen LogP contribution in [0, 0.1) is 0 Å². The lowest BCUT2D eigenvalue weighted by molar-refractivity contribution is 0.0603. The molecular weight excluding hydrogens is 232 g/mol. The number of methoxy groups -OCH3 is 1. The van der Waals surface area contributed by atoms with E-state index < -0.39 is 0 Å². The molecule has 0 aliphatic heterocycles. The summed E-state index contributed by atoms with van der Waals surface area (Å²) in [6.45, 7) is 3.34. The van der Waals surface area contributed by atoms with E-state index in [4.69, 9.17) is 19.3 Å². The SMILES string of the molecule is COc1ccc(C(C)=COCCOCCO)cc1. The van der Waals surface area contributed by atoms with E-state index in [1.807, 2.05) is 31.2 Å². The molecule has 0 bridgehead atoms. The molecule has 1 rings (SSSR count). The van der Waals surface area contributed by atoms with Gasteiger partial charge in [0.1, 0.15) is 12.4 Å². The van der Waals surface area contributed by atoms with Crippen LogP contribution in [0.4, 0.5) is 0 Å². The summed E-state index contributed by atoms with van der Waals surface area (Å²) in [5.74, 6) is 0.838. The van der Waals surface area contributed by atoms with Crippen LogP contribution in [-0.4, -0.2) is 38.6 Å². The topological polar surface area (TPSA) is 47.9 Å². The van der Waals surface area contributed by atoms with Crippen LogP contribution in [0.2, 0.25) is 0 Å². The Hall–Kier alpha value is -1.52. The zero-order valence-corrected chi connectivity index (χ0v) is 10.9. The average Bonchev–Trinajstić information content (AvgIpc) is 2.42. The van der Waals surface area contributed by atoms with Crippen molar-refractivity contribution in [3.63, 3.8) is 0 Å². The number of hydrogen-bond acceptors (Lipinski definition) is 4. The number of benzene rings is 1. The highest BCUT2D eigenvalue weighted by molar-refractivity contribution is 5.63. The summed E-state index contributed by atoms with van der Waals surface area (Å²) in [4.78, 5) is 0. The van der Waals surface area contributed by atoms with Crippen molar-refractivity contribution < 1.29 is 19.3 Å². The van der Waals surface area contributed by atoms with Gasteiger partial charge in [0.25, 0.3) is 0 Å². The van der Waals surface area contributed by atoms with Gasteiger partial charge in [-0.05, 0) is 30.2 Å². The first kappa shape index (κ1) is 14.5. The van der Waals surface area contributed by atoms with Gasteiger partial charge in [-0.15, -0.1) is 0 Å². The van der Waals surface area contributed by atoms with Gasteiger partial charge in [-0.1, -0.05) is 12.1 Å². The highest BCUT2D eigenvalue weighted by atomic mass is 16.5. The minimum atomic E-state index is 0.0424. The second kappa shape index (κ2) is 8.55. The van der Waals surface area contributed by atoms with Crippen molar-refractivity contribution in [3.8, 4) is 5.75 Å². The molecule has 4 heteroatoms. The van der Waals surface area contributed by atoms with Crippen LogP contribution in [0.15, 0.2) is 30.5 Å². The fraction of sp³-hybridized carbons (Fsp3) is 0.429. The van der Waals surface area contributed by atoms with Gasteiger partial charge in [0.15, 0.2) is 0 Å². The van der Waals surface area contributed by atoms with E-state index >= 15 is 0 Å². The van der Waals surface area contributed by atoms with Gasteiger partial charge in [-0.25, -0.2) is 0 Å². The molecule has 0 heterocycles. The van der Waals surface area contributed by atoms with Gasteiger partial charge in [0.05, 0.1) is 33.2 Å². The lowest BCUT2D eigenvalue weighted by atomic mass is 10.1. The molecule has 100 valence electrons. The first-order valence-electron chi connectivity index (χ1n) is 5.89. The smallest absolute Gasteiger partial charge is 0.118 e. The van der Waals surface area contributed by atoms with Gasteiger partial charge >= 0.3 is 0 Å². The van der Waals surface area contributed by atoms with Crippen LogP contribution in [0.25, 0.3) is 5.57 Å². The first-order valence-corrected chi connectivity index (χ1v) is 5.89. The summed E-state index contributed by atoms with van der Waals surface area (Å²) >= 11 is 0. The summed E-state index contributed by atoms with van der Waals surface area (Å²) in [5.41, 5.74) is 2.13. The van der Waals surface area contributed by atoms with E-state index in [0.717, 1.165) is 16.9 Å². The van der Waals surface area contributed by atoms with Crippen LogP contribution < -0.4 is 4.74 Å². The van der Waals surface area contributed by atoms with Gasteiger partial charge < -0.3 is 19.3 Å². The Bertz CT molecular complexity index is 357. The van der Waals surface area contributed by atoms with E-state index in [1.54, 1.807) is 13.4 Å². The third-order valence-electron chi connectivity index (χ3n) is 2.39. The van der Waals surface area contributed by atoms with E-state index in [1.165, 1.54) is 0 Å². The summed E-state index contributed by atoms with van der Waals surface area (Å²) < 4.78 is 15.5. The third-order valence-corrected chi connectivity index (χ3v) is 2.39. The fourth-order valence-electron chi connectivity index (χ4n) is 1.38. The number of rotatable bonds is 8. The molecule has 0 aromatic heterocycles. The molecule has 1 N–H and O–H groups in total. The first-order chi connectivity index (χ1) is 8.77. The summed E-state index contributed by atoms with van der Waals surface area (Å²) in [6.07, 6.45) is 1.71. The van der Waals surface area contributed by atoms with Gasteiger partial charge in [-0.2, -0.15) is 0 Å². The third kappa shape index (κ3) is 5.21. The second-order valence-electron chi connectivity index (χ2n) is 3.74. The maximum Gasteiger partial charge on any atom is 0.118 e. The molecule has 0 aliphatic carbocycles. The van der Waals surface area contributed by atoms with Crippen molar-refractivity contribution in [1.82, 2.24) is 0 Å². The molecule has 4 nitrogen and oxygen atoms in total. The lowest BCUT2D eigenvalue weighted by Crippen LogP contribution is -2.05. The molecule has 0 fully saturated rings. The van der Waals surface area contributed by atoms with Crippen molar-refractivity contribution in [3.05, 3.63) is 36.1 Å². The molecule has 0 atom stereocenters. The minimum Gasteiger partial charge on any atom is -0.498 e. The predicted octanol–water partition coefficient (Wildman–Crippen LogP) is 2.08. The normalized spacial score (nSPS) is 11.4. The molecule has 0 spiro atoms. The van der Waals surface area contributed by atoms with Gasteiger partial charge in [0.2, 0.25) is 0 Å². The van der Waals surface area contributed by atoms with Crippen molar-refractivity contribution in [2.75, 3.05) is 33.5 Å². The van der Waals surface area contributed by atoms with E-state index in [9.17, 15) is 0 Å². The Morgan fingerprint density at radius 2 is 1.89 bits per heavy atom. The van der Waals surface area contributed by atoms with Gasteiger partial charge in [0, 0.05) is 0 Å². The Labute approximate surface area is 108 Å². The molecule has 0 saturated carbocycles. The minimum absolute atomic E-state index is 0.0424. The predicted molar refractivity (Wildman–Crippen MR) is 70.5 cm³/mol. The molecule has 0 radical (unpaired) electrons. The summed E-state index contributed by atoms with van der Waals surface area (Å²) in [7, 11) is 1.65. The highest BCUT2D eigenvalue weighted by Crippen LogP contribution is 2.17. The molecule has 18 heavy (non-hydrogen) atoms. The van der Waals surface area contributed by atoms with Crippen molar-refractivity contribution >= 4 is 5.57 Å². The quantitative estimate of drug-likeness (QED) is 0.568. The molecule has 0 saturated heterocycles. The van der Waals surface area contributed by atoms with Crippen LogP contribution in [0.3, 0.4) is 0 Å². The maximum absolute atomic E-state index is 8.51. The van der Waals surface area contributed by atoms with Crippen LogP contribution in [0.5, 0.6) is 5.75 Å². The van der Waals surface area contributed by atoms with Crippen LogP contribution in [0.1, 0.15) is 12.5 Å². The van der Waals surface area contributed by atoms with Crippen molar-refractivity contribution in [2.24, 2.45) is 0 Å². The zero-order chi connectivity index (χ0) is 13.2. The van der Waals surface area contributed by atoms with Crippen LogP contribution >= 0.6 is 0 Å². The molecule has 1 aromatic carbocycles. The molecule has 0 unspecified atom stereocenters. The average molecular weight is 252 g/mol. The van der Waals surface area contributed by atoms with Gasteiger partial charge in [-0.3, -0.25) is 0 Å².